The van der Waals surface area contributed by atoms with Crippen molar-refractivity contribution in [2.45, 2.75) is 19.4 Å². The van der Waals surface area contributed by atoms with Gasteiger partial charge in [0.1, 0.15) is 6.04 Å². The van der Waals surface area contributed by atoms with E-state index in [2.05, 4.69) is 26.6 Å². The molecule has 0 aliphatic heterocycles. The van der Waals surface area contributed by atoms with E-state index in [1.54, 1.807) is 24.3 Å². The van der Waals surface area contributed by atoms with Gasteiger partial charge in [-0.1, -0.05) is 52.4 Å². The summed E-state index contributed by atoms with van der Waals surface area (Å²) >= 11 is 3.30. The van der Waals surface area contributed by atoms with Gasteiger partial charge in [-0.15, -0.1) is 0 Å². The van der Waals surface area contributed by atoms with Crippen molar-refractivity contribution in [3.05, 3.63) is 58.6 Å². The van der Waals surface area contributed by atoms with Crippen LogP contribution in [0, 0.1) is 5.92 Å². The molecule has 2 rings (SSSR count). The number of Topliss-reactive ketones (excluding diaryl/α,β-unsaturated/α-hetero) is 1. The predicted octanol–water partition coefficient (Wildman–Crippen LogP) is 3.00. The SMILES string of the molecule is C[C@H](NC(=O)OCC1C=CC=CC1)C(=O)NCC(=O)c1ccc(Br)cc1. The maximum Gasteiger partial charge on any atom is 0.407 e. The first kappa shape index (κ1) is 19.9. The second-order valence-corrected chi connectivity index (χ2v) is 6.84. The Hall–Kier alpha value is -2.41. The van der Waals surface area contributed by atoms with Crippen molar-refractivity contribution in [2.75, 3.05) is 13.2 Å². The van der Waals surface area contributed by atoms with Crippen LogP contribution in [-0.2, 0) is 9.53 Å². The lowest BCUT2D eigenvalue weighted by atomic mass is 10.0. The van der Waals surface area contributed by atoms with E-state index in [4.69, 9.17) is 4.74 Å². The molecule has 1 aliphatic carbocycles. The van der Waals surface area contributed by atoms with Crippen LogP contribution in [0.3, 0.4) is 0 Å². The van der Waals surface area contributed by atoms with Gasteiger partial charge in [0.2, 0.25) is 5.91 Å². The molecule has 1 aromatic rings. The Morgan fingerprint density at radius 2 is 1.96 bits per heavy atom. The molecule has 0 saturated carbocycles. The zero-order valence-electron chi connectivity index (χ0n) is 14.4. The van der Waals surface area contributed by atoms with Crippen molar-refractivity contribution in [1.82, 2.24) is 10.6 Å². The Kier molecular flexibility index (Phi) is 7.59. The first-order valence-electron chi connectivity index (χ1n) is 8.29. The van der Waals surface area contributed by atoms with Gasteiger partial charge in [0.15, 0.2) is 5.78 Å². The molecule has 1 aromatic carbocycles. The molecule has 2 N–H and O–H groups in total. The smallest absolute Gasteiger partial charge is 0.407 e. The number of ether oxygens (including phenoxy) is 1. The van der Waals surface area contributed by atoms with E-state index in [9.17, 15) is 14.4 Å². The minimum atomic E-state index is -0.804. The summed E-state index contributed by atoms with van der Waals surface area (Å²) in [5.41, 5.74) is 0.503. The molecule has 0 aromatic heterocycles. The highest BCUT2D eigenvalue weighted by Gasteiger charge is 2.18. The highest BCUT2D eigenvalue weighted by Crippen LogP contribution is 2.12. The topological polar surface area (TPSA) is 84.5 Å². The summed E-state index contributed by atoms with van der Waals surface area (Å²) < 4.78 is 5.99. The van der Waals surface area contributed by atoms with Crippen LogP contribution < -0.4 is 10.6 Å². The Balaban J connectivity index is 1.70. The average molecular weight is 421 g/mol. The predicted molar refractivity (Wildman–Crippen MR) is 102 cm³/mol. The number of halogens is 1. The molecule has 0 fully saturated rings. The van der Waals surface area contributed by atoms with Crippen LogP contribution >= 0.6 is 15.9 Å². The van der Waals surface area contributed by atoms with Crippen molar-refractivity contribution < 1.29 is 19.1 Å². The third-order valence-corrected chi connectivity index (χ3v) is 4.34. The van der Waals surface area contributed by atoms with Crippen LogP contribution in [0.15, 0.2) is 53.0 Å². The van der Waals surface area contributed by atoms with Crippen LogP contribution in [0.2, 0.25) is 0 Å². The van der Waals surface area contributed by atoms with Gasteiger partial charge < -0.3 is 15.4 Å². The normalized spacial score (nSPS) is 16.6. The number of rotatable bonds is 7. The van der Waals surface area contributed by atoms with Gasteiger partial charge in [0.25, 0.3) is 0 Å². The van der Waals surface area contributed by atoms with E-state index in [0.717, 1.165) is 10.9 Å². The first-order chi connectivity index (χ1) is 12.5. The maximum atomic E-state index is 12.0. The second-order valence-electron chi connectivity index (χ2n) is 5.92. The summed E-state index contributed by atoms with van der Waals surface area (Å²) in [4.78, 5) is 35.8. The quantitative estimate of drug-likeness (QED) is 0.663. The number of hydrogen-bond acceptors (Lipinski definition) is 4. The van der Waals surface area contributed by atoms with Gasteiger partial charge in [-0.3, -0.25) is 9.59 Å². The van der Waals surface area contributed by atoms with E-state index < -0.39 is 18.0 Å². The number of amides is 2. The minimum Gasteiger partial charge on any atom is -0.449 e. The molecule has 0 saturated heterocycles. The summed E-state index contributed by atoms with van der Waals surface area (Å²) in [5.74, 6) is -0.510. The molecule has 1 aliphatic rings. The van der Waals surface area contributed by atoms with Crippen LogP contribution in [0.25, 0.3) is 0 Å². The van der Waals surface area contributed by atoms with Crippen molar-refractivity contribution in [3.63, 3.8) is 0 Å². The van der Waals surface area contributed by atoms with Crippen molar-refractivity contribution >= 4 is 33.7 Å². The largest absolute Gasteiger partial charge is 0.449 e. The monoisotopic (exact) mass is 420 g/mol. The van der Waals surface area contributed by atoms with Gasteiger partial charge in [-0.05, 0) is 25.5 Å². The van der Waals surface area contributed by atoms with E-state index in [1.807, 2.05) is 24.3 Å². The van der Waals surface area contributed by atoms with Crippen molar-refractivity contribution in [2.24, 2.45) is 5.92 Å². The highest BCUT2D eigenvalue weighted by molar-refractivity contribution is 9.10. The van der Waals surface area contributed by atoms with Crippen LogP contribution in [0.4, 0.5) is 4.79 Å². The first-order valence-corrected chi connectivity index (χ1v) is 9.08. The number of hydrogen-bond donors (Lipinski definition) is 2. The summed E-state index contributed by atoms with van der Waals surface area (Å²) in [7, 11) is 0. The molecule has 0 heterocycles. The molecule has 0 radical (unpaired) electrons. The number of nitrogens with one attached hydrogen (secondary N) is 2. The van der Waals surface area contributed by atoms with Gasteiger partial charge >= 0.3 is 6.09 Å². The summed E-state index contributed by atoms with van der Waals surface area (Å²) in [6.07, 6.45) is 7.99. The van der Waals surface area contributed by atoms with E-state index >= 15 is 0 Å². The zero-order valence-corrected chi connectivity index (χ0v) is 16.0. The van der Waals surface area contributed by atoms with Crippen LogP contribution in [-0.4, -0.2) is 37.0 Å². The number of carbonyl (C=O) groups is 3. The summed E-state index contributed by atoms with van der Waals surface area (Å²) in [6, 6.07) is 6.06. The standard InChI is InChI=1S/C19H21BrN2O4/c1-13(22-19(25)26-12-14-5-3-2-4-6-14)18(24)21-11-17(23)15-7-9-16(20)10-8-15/h2-5,7-10,13-14H,6,11-12H2,1H3,(H,21,24)(H,22,25)/t13-,14?/m0/s1. The van der Waals surface area contributed by atoms with E-state index in [1.165, 1.54) is 6.92 Å². The van der Waals surface area contributed by atoms with Gasteiger partial charge in [-0.2, -0.15) is 0 Å². The highest BCUT2D eigenvalue weighted by atomic mass is 79.9. The number of carbonyl (C=O) groups excluding carboxylic acids is 3. The Bertz CT molecular complexity index is 713. The molecule has 0 bridgehead atoms. The zero-order chi connectivity index (χ0) is 18.9. The third kappa shape index (κ3) is 6.48. The maximum absolute atomic E-state index is 12.0. The summed E-state index contributed by atoms with van der Waals surface area (Å²) in [5, 5.41) is 4.97. The number of allylic oxidation sites excluding steroid dienone is 3. The molecule has 1 unspecified atom stereocenters. The molecular formula is C19H21BrN2O4. The van der Waals surface area contributed by atoms with Crippen molar-refractivity contribution in [1.29, 1.82) is 0 Å². The average Bonchev–Trinajstić information content (AvgIpc) is 2.65. The number of ketones is 1. The van der Waals surface area contributed by atoms with Gasteiger partial charge in [0, 0.05) is 16.0 Å². The lowest BCUT2D eigenvalue weighted by molar-refractivity contribution is -0.122. The molecule has 6 nitrogen and oxygen atoms in total. The number of benzene rings is 1. The molecule has 26 heavy (non-hydrogen) atoms. The van der Waals surface area contributed by atoms with E-state index in [-0.39, 0.29) is 24.9 Å². The Labute approximate surface area is 160 Å². The third-order valence-electron chi connectivity index (χ3n) is 3.81. The second kappa shape index (κ2) is 9.91. The van der Waals surface area contributed by atoms with E-state index in [0.29, 0.717) is 5.56 Å². The molecule has 2 amide bonds. The number of alkyl carbamates (subject to hydrolysis) is 1. The van der Waals surface area contributed by atoms with Gasteiger partial charge in [-0.25, -0.2) is 4.79 Å². The molecule has 138 valence electrons. The van der Waals surface area contributed by atoms with Crippen LogP contribution in [0.1, 0.15) is 23.7 Å². The fourth-order valence-electron chi connectivity index (χ4n) is 2.28. The molecular weight excluding hydrogens is 400 g/mol. The fraction of sp³-hybridized carbons (Fsp3) is 0.316. The van der Waals surface area contributed by atoms with Crippen molar-refractivity contribution in [3.8, 4) is 0 Å². The van der Waals surface area contributed by atoms with Gasteiger partial charge in [0.05, 0.1) is 13.2 Å². The molecule has 2 atom stereocenters. The molecule has 7 heteroatoms. The lowest BCUT2D eigenvalue weighted by Crippen LogP contribution is -2.46. The van der Waals surface area contributed by atoms with Crippen LogP contribution in [0.5, 0.6) is 0 Å². The molecule has 0 spiro atoms. The Morgan fingerprint density at radius 3 is 2.62 bits per heavy atom. The lowest BCUT2D eigenvalue weighted by Gasteiger charge is -2.16. The fourth-order valence-corrected chi connectivity index (χ4v) is 2.54. The summed E-state index contributed by atoms with van der Waals surface area (Å²) in [6.45, 7) is 1.65. The minimum absolute atomic E-state index is 0.138. The Morgan fingerprint density at radius 1 is 1.23 bits per heavy atom.